The molecule has 1 unspecified atom stereocenters. The van der Waals surface area contributed by atoms with Gasteiger partial charge in [0.05, 0.1) is 22.3 Å². The van der Waals surface area contributed by atoms with Crippen molar-refractivity contribution in [1.82, 2.24) is 14.1 Å². The second-order valence-corrected chi connectivity index (χ2v) is 10.9. The summed E-state index contributed by atoms with van der Waals surface area (Å²) in [7, 11) is -3.68. The number of aromatic nitrogens is 2. The van der Waals surface area contributed by atoms with Gasteiger partial charge in [0.25, 0.3) is 0 Å². The molecule has 0 amide bonds. The number of rotatable bonds is 7. The van der Waals surface area contributed by atoms with Crippen LogP contribution in [0.2, 0.25) is 0 Å². The molecule has 4 aromatic rings. The summed E-state index contributed by atoms with van der Waals surface area (Å²) in [5.41, 5.74) is -0.110. The molecule has 0 bridgehead atoms. The maximum absolute atomic E-state index is 14.5. The number of benzene rings is 3. The highest BCUT2D eigenvalue weighted by molar-refractivity contribution is 7.89. The van der Waals surface area contributed by atoms with E-state index < -0.39 is 33.3 Å². The maximum atomic E-state index is 14.5. The lowest BCUT2D eigenvalue weighted by Crippen LogP contribution is -2.49. The van der Waals surface area contributed by atoms with Crippen LogP contribution in [0.4, 0.5) is 14.5 Å². The third-order valence-electron chi connectivity index (χ3n) is 6.58. The van der Waals surface area contributed by atoms with E-state index in [0.29, 0.717) is 11.4 Å². The van der Waals surface area contributed by atoms with Crippen molar-refractivity contribution >= 4 is 15.7 Å². The van der Waals surface area contributed by atoms with Crippen LogP contribution in [0.1, 0.15) is 18.6 Å². The van der Waals surface area contributed by atoms with Gasteiger partial charge in [-0.05, 0) is 43.3 Å². The third-order valence-corrected chi connectivity index (χ3v) is 8.49. The first-order valence-electron chi connectivity index (χ1n) is 12.4. The second kappa shape index (κ2) is 11.0. The Hall–Kier alpha value is -4.09. The van der Waals surface area contributed by atoms with E-state index in [4.69, 9.17) is 4.74 Å². The molecule has 0 radical (unpaired) electrons. The van der Waals surface area contributed by atoms with Gasteiger partial charge in [-0.25, -0.2) is 17.2 Å². The average Bonchev–Trinajstić information content (AvgIpc) is 2.95. The van der Waals surface area contributed by atoms with Crippen LogP contribution < -0.4 is 15.2 Å². The number of piperazine rings is 1. The lowest BCUT2D eigenvalue weighted by atomic mass is 10.1. The van der Waals surface area contributed by atoms with Gasteiger partial charge < -0.3 is 9.64 Å². The van der Waals surface area contributed by atoms with Crippen LogP contribution in [0.25, 0.3) is 5.69 Å². The Kier molecular flexibility index (Phi) is 7.45. The molecule has 0 aliphatic carbocycles. The predicted octanol–water partition coefficient (Wildman–Crippen LogP) is 4.16. The summed E-state index contributed by atoms with van der Waals surface area (Å²) >= 11 is 0. The average molecular weight is 553 g/mol. The van der Waals surface area contributed by atoms with Crippen molar-refractivity contribution in [2.24, 2.45) is 0 Å². The van der Waals surface area contributed by atoms with Gasteiger partial charge in [-0.2, -0.15) is 14.1 Å². The fraction of sp³-hybridized carbons (Fsp3) is 0.214. The van der Waals surface area contributed by atoms with Crippen LogP contribution in [-0.2, 0) is 10.0 Å². The standard InChI is InChI=1S/C28H26F2N4O4S/c1-20(26-23(29)13-8-14-24(26)30)38-27-25(19-31-34(28(27)35)21-9-4-2-5-10-21)32-15-17-33(18-16-32)39(36,37)22-11-6-3-7-12-22/h2-14,19-20H,15-18H2,1H3. The monoisotopic (exact) mass is 552 g/mol. The Morgan fingerprint density at radius 3 is 2.05 bits per heavy atom. The number of hydrogen-bond donors (Lipinski definition) is 0. The fourth-order valence-electron chi connectivity index (χ4n) is 4.56. The fourth-order valence-corrected chi connectivity index (χ4v) is 6.01. The number of nitrogens with zero attached hydrogens (tertiary/aromatic N) is 4. The summed E-state index contributed by atoms with van der Waals surface area (Å²) in [6.45, 7) is 2.29. The minimum absolute atomic E-state index is 0.136. The highest BCUT2D eigenvalue weighted by Crippen LogP contribution is 2.32. The predicted molar refractivity (Wildman–Crippen MR) is 143 cm³/mol. The minimum Gasteiger partial charge on any atom is -0.478 e. The molecule has 3 aromatic carbocycles. The SMILES string of the molecule is CC(Oc1c(N2CCN(S(=O)(=O)c3ccccc3)CC2)cnn(-c2ccccc2)c1=O)c1c(F)cccc1F. The van der Waals surface area contributed by atoms with Gasteiger partial charge in [-0.1, -0.05) is 42.5 Å². The van der Waals surface area contributed by atoms with Crippen LogP contribution in [0.5, 0.6) is 5.75 Å². The molecule has 1 aliphatic heterocycles. The molecule has 0 spiro atoms. The first-order valence-corrected chi connectivity index (χ1v) is 13.8. The molecule has 0 N–H and O–H groups in total. The van der Waals surface area contributed by atoms with Crippen molar-refractivity contribution < 1.29 is 21.9 Å². The Morgan fingerprint density at radius 1 is 0.846 bits per heavy atom. The number of ether oxygens (including phenoxy) is 1. The van der Waals surface area contributed by atoms with Crippen molar-refractivity contribution in [3.05, 3.63) is 113 Å². The van der Waals surface area contributed by atoms with Crippen molar-refractivity contribution in [1.29, 1.82) is 0 Å². The molecule has 2 heterocycles. The van der Waals surface area contributed by atoms with Crippen LogP contribution in [0, 0.1) is 11.6 Å². The lowest BCUT2D eigenvalue weighted by molar-refractivity contribution is 0.211. The molecule has 39 heavy (non-hydrogen) atoms. The molecule has 0 saturated carbocycles. The number of sulfonamides is 1. The summed E-state index contributed by atoms with van der Waals surface area (Å²) in [4.78, 5) is 15.6. The van der Waals surface area contributed by atoms with E-state index in [1.54, 1.807) is 65.6 Å². The van der Waals surface area contributed by atoms with Gasteiger partial charge in [0.1, 0.15) is 23.4 Å². The van der Waals surface area contributed by atoms with E-state index in [0.717, 1.165) is 16.8 Å². The molecular weight excluding hydrogens is 526 g/mol. The zero-order valence-electron chi connectivity index (χ0n) is 21.1. The first kappa shape index (κ1) is 26.5. The van der Waals surface area contributed by atoms with E-state index >= 15 is 0 Å². The number of hydrogen-bond acceptors (Lipinski definition) is 6. The molecule has 1 aliphatic rings. The Labute approximate surface area is 224 Å². The normalized spacial score (nSPS) is 15.2. The smallest absolute Gasteiger partial charge is 0.316 e. The Morgan fingerprint density at radius 2 is 1.44 bits per heavy atom. The molecule has 202 valence electrons. The Balaban J connectivity index is 1.48. The van der Waals surface area contributed by atoms with Crippen LogP contribution in [-0.4, -0.2) is 48.7 Å². The molecular formula is C28H26F2N4O4S. The molecule has 1 saturated heterocycles. The molecule has 1 aromatic heterocycles. The van der Waals surface area contributed by atoms with Crippen molar-refractivity contribution in [3.63, 3.8) is 0 Å². The van der Waals surface area contributed by atoms with Gasteiger partial charge in [0.2, 0.25) is 15.8 Å². The molecule has 1 atom stereocenters. The van der Waals surface area contributed by atoms with Gasteiger partial charge >= 0.3 is 5.56 Å². The van der Waals surface area contributed by atoms with Crippen LogP contribution in [0.3, 0.4) is 0 Å². The molecule has 1 fully saturated rings. The lowest BCUT2D eigenvalue weighted by Gasteiger charge is -2.36. The summed E-state index contributed by atoms with van der Waals surface area (Å²) in [5.74, 6) is -1.72. The minimum atomic E-state index is -3.68. The molecule has 11 heteroatoms. The number of para-hydroxylation sites is 1. The Bertz CT molecular complexity index is 1600. The largest absolute Gasteiger partial charge is 0.478 e. The number of halogens is 2. The summed E-state index contributed by atoms with van der Waals surface area (Å²) in [6, 6.07) is 20.4. The highest BCUT2D eigenvalue weighted by Gasteiger charge is 2.31. The topological polar surface area (TPSA) is 84.7 Å². The van der Waals surface area contributed by atoms with Gasteiger partial charge in [0.15, 0.2) is 0 Å². The number of anilines is 1. The molecule has 8 nitrogen and oxygen atoms in total. The first-order chi connectivity index (χ1) is 18.8. The third kappa shape index (κ3) is 5.27. The van der Waals surface area contributed by atoms with Gasteiger partial charge in [-0.15, -0.1) is 0 Å². The van der Waals surface area contributed by atoms with Crippen molar-refractivity contribution in [3.8, 4) is 11.4 Å². The van der Waals surface area contributed by atoms with Gasteiger partial charge in [-0.3, -0.25) is 4.79 Å². The van der Waals surface area contributed by atoms with Crippen LogP contribution in [0.15, 0.2) is 94.7 Å². The zero-order chi connectivity index (χ0) is 27.6. The van der Waals surface area contributed by atoms with Crippen molar-refractivity contribution in [2.45, 2.75) is 17.9 Å². The summed E-state index contributed by atoms with van der Waals surface area (Å²) in [6.07, 6.45) is 0.319. The molecule has 5 rings (SSSR count). The van der Waals surface area contributed by atoms with E-state index in [9.17, 15) is 22.0 Å². The quantitative estimate of drug-likeness (QED) is 0.342. The van der Waals surface area contributed by atoms with Gasteiger partial charge in [0, 0.05) is 26.2 Å². The maximum Gasteiger partial charge on any atom is 0.316 e. The summed E-state index contributed by atoms with van der Waals surface area (Å²) < 4.78 is 63.7. The van der Waals surface area contributed by atoms with E-state index in [1.165, 1.54) is 23.5 Å². The summed E-state index contributed by atoms with van der Waals surface area (Å²) in [5, 5.41) is 4.32. The zero-order valence-corrected chi connectivity index (χ0v) is 21.9. The van der Waals surface area contributed by atoms with E-state index in [-0.39, 0.29) is 42.4 Å². The second-order valence-electron chi connectivity index (χ2n) is 9.01. The van der Waals surface area contributed by atoms with Crippen LogP contribution >= 0.6 is 0 Å². The van der Waals surface area contributed by atoms with E-state index in [1.807, 2.05) is 0 Å². The van der Waals surface area contributed by atoms with E-state index in [2.05, 4.69) is 5.10 Å². The highest BCUT2D eigenvalue weighted by atomic mass is 32.2. The van der Waals surface area contributed by atoms with Crippen molar-refractivity contribution in [2.75, 3.05) is 31.1 Å².